The molecule has 1 heterocycles. The first-order valence-corrected chi connectivity index (χ1v) is 6.66. The smallest absolute Gasteiger partial charge is 0.310 e. The summed E-state index contributed by atoms with van der Waals surface area (Å²) in [6.07, 6.45) is 2.50. The summed E-state index contributed by atoms with van der Waals surface area (Å²) in [5.74, 6) is -0.636. The zero-order valence-corrected chi connectivity index (χ0v) is 10.9. The fraction of sp³-hybridized carbons (Fsp3) is 0.533. The molecular formula is C15H21NO2. The van der Waals surface area contributed by atoms with Crippen LogP contribution < -0.4 is 0 Å². The van der Waals surface area contributed by atoms with Gasteiger partial charge >= 0.3 is 5.97 Å². The van der Waals surface area contributed by atoms with Crippen LogP contribution in [-0.2, 0) is 11.3 Å². The van der Waals surface area contributed by atoms with Crippen molar-refractivity contribution in [1.29, 1.82) is 0 Å². The first kappa shape index (κ1) is 13.1. The molecule has 1 aromatic carbocycles. The number of aliphatic carboxylic acids is 1. The Morgan fingerprint density at radius 1 is 1.39 bits per heavy atom. The molecule has 0 spiro atoms. The Balaban J connectivity index is 2.05. The highest BCUT2D eigenvalue weighted by molar-refractivity contribution is 5.75. The van der Waals surface area contributed by atoms with E-state index in [2.05, 4.69) is 17.0 Å². The number of hydrogen-bond acceptors (Lipinski definition) is 2. The Hall–Kier alpha value is -1.35. The lowest BCUT2D eigenvalue weighted by molar-refractivity contribution is -0.153. The molecule has 98 valence electrons. The maximum Gasteiger partial charge on any atom is 0.310 e. The van der Waals surface area contributed by atoms with Crippen LogP contribution in [0.1, 0.15) is 31.7 Å². The molecule has 2 rings (SSSR count). The molecule has 1 N–H and O–H groups in total. The predicted molar refractivity (Wildman–Crippen MR) is 71.3 cm³/mol. The third-order valence-electron chi connectivity index (χ3n) is 4.04. The highest BCUT2D eigenvalue weighted by atomic mass is 16.4. The predicted octanol–water partition coefficient (Wildman–Crippen LogP) is 2.76. The van der Waals surface area contributed by atoms with E-state index in [4.69, 9.17) is 0 Å². The fourth-order valence-corrected chi connectivity index (χ4v) is 2.82. The van der Waals surface area contributed by atoms with E-state index in [1.807, 2.05) is 25.1 Å². The van der Waals surface area contributed by atoms with Crippen LogP contribution in [0.2, 0.25) is 0 Å². The van der Waals surface area contributed by atoms with Gasteiger partial charge in [-0.1, -0.05) is 37.3 Å². The Bertz CT molecular complexity index is 404. The first-order chi connectivity index (χ1) is 8.66. The van der Waals surface area contributed by atoms with E-state index < -0.39 is 11.4 Å². The molecule has 18 heavy (non-hydrogen) atoms. The number of benzene rings is 1. The number of rotatable bonds is 4. The molecule has 1 aliphatic rings. The number of carboxylic acids is 1. The van der Waals surface area contributed by atoms with Crippen molar-refractivity contribution in [3.63, 3.8) is 0 Å². The molecule has 3 heteroatoms. The number of nitrogens with zero attached hydrogens (tertiary/aromatic N) is 1. The van der Waals surface area contributed by atoms with E-state index in [-0.39, 0.29) is 0 Å². The van der Waals surface area contributed by atoms with Crippen LogP contribution in [0.15, 0.2) is 30.3 Å². The van der Waals surface area contributed by atoms with Crippen LogP contribution in [0, 0.1) is 5.41 Å². The lowest BCUT2D eigenvalue weighted by Gasteiger charge is -2.39. The van der Waals surface area contributed by atoms with Gasteiger partial charge in [0.15, 0.2) is 0 Å². The third-order valence-corrected chi connectivity index (χ3v) is 4.04. The quantitative estimate of drug-likeness (QED) is 0.889. The Labute approximate surface area is 108 Å². The van der Waals surface area contributed by atoms with Gasteiger partial charge in [0.05, 0.1) is 5.41 Å². The van der Waals surface area contributed by atoms with Gasteiger partial charge in [-0.15, -0.1) is 0 Å². The highest BCUT2D eigenvalue weighted by Crippen LogP contribution is 2.34. The number of piperidine rings is 1. The summed E-state index contributed by atoms with van der Waals surface area (Å²) >= 11 is 0. The minimum Gasteiger partial charge on any atom is -0.481 e. The summed E-state index contributed by atoms with van der Waals surface area (Å²) in [4.78, 5) is 13.8. The van der Waals surface area contributed by atoms with Crippen molar-refractivity contribution in [3.05, 3.63) is 35.9 Å². The molecule has 0 radical (unpaired) electrons. The van der Waals surface area contributed by atoms with Gasteiger partial charge in [0.1, 0.15) is 0 Å². The topological polar surface area (TPSA) is 40.5 Å². The molecule has 0 amide bonds. The normalized spacial score (nSPS) is 24.9. The van der Waals surface area contributed by atoms with Gasteiger partial charge < -0.3 is 5.11 Å². The second-order valence-electron chi connectivity index (χ2n) is 5.24. The minimum absolute atomic E-state index is 0.535. The third kappa shape index (κ3) is 2.72. The molecule has 0 bridgehead atoms. The molecule has 1 atom stereocenters. The van der Waals surface area contributed by atoms with Crippen LogP contribution in [0.4, 0.5) is 0 Å². The van der Waals surface area contributed by atoms with Gasteiger partial charge in [-0.2, -0.15) is 0 Å². The summed E-state index contributed by atoms with van der Waals surface area (Å²) in [5, 5.41) is 9.45. The van der Waals surface area contributed by atoms with Crippen molar-refractivity contribution in [3.8, 4) is 0 Å². The van der Waals surface area contributed by atoms with Gasteiger partial charge in [-0.3, -0.25) is 9.69 Å². The largest absolute Gasteiger partial charge is 0.481 e. The van der Waals surface area contributed by atoms with Crippen LogP contribution >= 0.6 is 0 Å². The van der Waals surface area contributed by atoms with Crippen LogP contribution in [0.5, 0.6) is 0 Å². The molecule has 1 aliphatic heterocycles. The van der Waals surface area contributed by atoms with E-state index in [1.165, 1.54) is 5.56 Å². The Kier molecular flexibility index (Phi) is 4.02. The summed E-state index contributed by atoms with van der Waals surface area (Å²) in [5.41, 5.74) is 0.724. The first-order valence-electron chi connectivity index (χ1n) is 6.66. The van der Waals surface area contributed by atoms with Crippen molar-refractivity contribution in [2.75, 3.05) is 13.1 Å². The summed E-state index contributed by atoms with van der Waals surface area (Å²) in [6, 6.07) is 10.3. The monoisotopic (exact) mass is 247 g/mol. The molecule has 0 aromatic heterocycles. The molecule has 3 nitrogen and oxygen atoms in total. The summed E-state index contributed by atoms with van der Waals surface area (Å²) < 4.78 is 0. The van der Waals surface area contributed by atoms with Crippen molar-refractivity contribution in [2.45, 2.75) is 32.7 Å². The minimum atomic E-state index is -0.636. The van der Waals surface area contributed by atoms with Crippen LogP contribution in [0.3, 0.4) is 0 Å². The van der Waals surface area contributed by atoms with E-state index in [0.717, 1.165) is 25.9 Å². The molecule has 1 saturated heterocycles. The van der Waals surface area contributed by atoms with Crippen molar-refractivity contribution in [1.82, 2.24) is 4.90 Å². The second-order valence-corrected chi connectivity index (χ2v) is 5.24. The zero-order chi connectivity index (χ0) is 13.0. The maximum absolute atomic E-state index is 11.5. The molecular weight excluding hydrogens is 226 g/mol. The van der Waals surface area contributed by atoms with Crippen molar-refractivity contribution in [2.24, 2.45) is 5.41 Å². The number of carboxylic acid groups (broad SMARTS) is 1. The lowest BCUT2D eigenvalue weighted by atomic mass is 9.77. The van der Waals surface area contributed by atoms with Gasteiger partial charge in [-0.25, -0.2) is 0 Å². The van der Waals surface area contributed by atoms with E-state index >= 15 is 0 Å². The Morgan fingerprint density at radius 2 is 2.11 bits per heavy atom. The molecule has 0 aliphatic carbocycles. The zero-order valence-electron chi connectivity index (χ0n) is 10.9. The van der Waals surface area contributed by atoms with Gasteiger partial charge in [0, 0.05) is 13.1 Å². The average molecular weight is 247 g/mol. The van der Waals surface area contributed by atoms with E-state index in [1.54, 1.807) is 0 Å². The highest BCUT2D eigenvalue weighted by Gasteiger charge is 2.40. The lowest BCUT2D eigenvalue weighted by Crippen LogP contribution is -2.47. The molecule has 0 saturated carbocycles. The molecule has 1 unspecified atom stereocenters. The second kappa shape index (κ2) is 5.53. The molecule has 1 fully saturated rings. The Morgan fingerprint density at radius 3 is 2.72 bits per heavy atom. The van der Waals surface area contributed by atoms with Crippen molar-refractivity contribution < 1.29 is 9.90 Å². The maximum atomic E-state index is 11.5. The van der Waals surface area contributed by atoms with Gasteiger partial charge in [0.2, 0.25) is 0 Å². The van der Waals surface area contributed by atoms with Crippen LogP contribution in [0.25, 0.3) is 0 Å². The SMILES string of the molecule is CCC1(C(=O)O)CCCN(Cc2ccccc2)C1. The average Bonchev–Trinajstić information content (AvgIpc) is 2.40. The number of likely N-dealkylation sites (tertiary alicyclic amines) is 1. The summed E-state index contributed by atoms with van der Waals surface area (Å²) in [7, 11) is 0. The summed E-state index contributed by atoms with van der Waals surface area (Å²) in [6.45, 7) is 4.52. The fourth-order valence-electron chi connectivity index (χ4n) is 2.82. The number of carbonyl (C=O) groups is 1. The van der Waals surface area contributed by atoms with Gasteiger partial charge in [-0.05, 0) is 31.4 Å². The van der Waals surface area contributed by atoms with E-state index in [9.17, 15) is 9.90 Å². The standard InChI is InChI=1S/C15H21NO2/c1-2-15(14(17)18)9-6-10-16(12-15)11-13-7-4-3-5-8-13/h3-5,7-8H,2,6,9-12H2,1H3,(H,17,18). The van der Waals surface area contributed by atoms with Gasteiger partial charge in [0.25, 0.3) is 0 Å². The van der Waals surface area contributed by atoms with Crippen LogP contribution in [-0.4, -0.2) is 29.1 Å². The van der Waals surface area contributed by atoms with Crippen molar-refractivity contribution >= 4 is 5.97 Å². The number of hydrogen-bond donors (Lipinski definition) is 1. The van der Waals surface area contributed by atoms with E-state index in [0.29, 0.717) is 13.0 Å². The molecule has 1 aromatic rings.